The number of aliphatic hydroxyl groups is 1. The molecule has 0 amide bonds. The van der Waals surface area contributed by atoms with Gasteiger partial charge in [-0.2, -0.15) is 0 Å². The number of aliphatic hydroxyl groups excluding tert-OH is 1. The van der Waals surface area contributed by atoms with Gasteiger partial charge in [0.05, 0.1) is 6.10 Å². The molecule has 0 aliphatic carbocycles. The van der Waals surface area contributed by atoms with Crippen molar-refractivity contribution in [3.8, 4) is 0 Å². The normalized spacial score (nSPS) is 13.3. The van der Waals surface area contributed by atoms with Crippen LogP contribution in [0.4, 0.5) is 8.78 Å². The Balaban J connectivity index is 2.96. The number of hydrogen-bond donors (Lipinski definition) is 1. The second-order valence-corrected chi connectivity index (χ2v) is 3.61. The van der Waals surface area contributed by atoms with Crippen molar-refractivity contribution in [1.82, 2.24) is 0 Å². The van der Waals surface area contributed by atoms with Gasteiger partial charge in [0, 0.05) is 10.6 Å². The van der Waals surface area contributed by atoms with E-state index in [9.17, 15) is 8.78 Å². The van der Waals surface area contributed by atoms with E-state index < -0.39 is 12.5 Å². The molecule has 0 saturated carbocycles. The second-order valence-electron chi connectivity index (χ2n) is 3.20. The van der Waals surface area contributed by atoms with E-state index >= 15 is 0 Å². The second kappa shape index (κ2) is 4.71. The van der Waals surface area contributed by atoms with E-state index in [-0.39, 0.29) is 5.56 Å². The summed E-state index contributed by atoms with van der Waals surface area (Å²) in [5.41, 5.74) is 0.490. The summed E-state index contributed by atoms with van der Waals surface area (Å²) in [6.07, 6.45) is -2.79. The van der Waals surface area contributed by atoms with Gasteiger partial charge in [0.15, 0.2) is 0 Å². The molecule has 78 valence electrons. The zero-order chi connectivity index (χ0) is 10.7. The summed E-state index contributed by atoms with van der Waals surface area (Å²) < 4.78 is 24.6. The lowest BCUT2D eigenvalue weighted by Gasteiger charge is -2.08. The Kier molecular flexibility index (Phi) is 3.84. The summed E-state index contributed by atoms with van der Waals surface area (Å²) in [6, 6.07) is 4.05. The van der Waals surface area contributed by atoms with Crippen molar-refractivity contribution in [3.63, 3.8) is 0 Å². The van der Waals surface area contributed by atoms with E-state index in [0.29, 0.717) is 17.0 Å². The van der Waals surface area contributed by atoms with Crippen molar-refractivity contribution in [3.05, 3.63) is 34.3 Å². The first kappa shape index (κ1) is 11.4. The summed E-state index contributed by atoms with van der Waals surface area (Å²) in [7, 11) is 0. The van der Waals surface area contributed by atoms with E-state index in [1.165, 1.54) is 18.2 Å². The molecule has 0 aliphatic rings. The predicted octanol–water partition coefficient (Wildman–Crippen LogP) is 3.20. The maximum atomic E-state index is 12.3. The molecule has 0 fully saturated rings. The minimum absolute atomic E-state index is 0.0648. The molecule has 1 atom stereocenters. The van der Waals surface area contributed by atoms with Crippen LogP contribution in [0.2, 0.25) is 5.02 Å². The molecule has 1 aromatic rings. The number of hydrogen-bond acceptors (Lipinski definition) is 1. The highest BCUT2D eigenvalue weighted by Crippen LogP contribution is 2.25. The van der Waals surface area contributed by atoms with Gasteiger partial charge < -0.3 is 5.11 Å². The van der Waals surface area contributed by atoms with Crippen molar-refractivity contribution in [1.29, 1.82) is 0 Å². The van der Waals surface area contributed by atoms with Crippen LogP contribution in [0.15, 0.2) is 18.2 Å². The van der Waals surface area contributed by atoms with Crippen LogP contribution in [-0.4, -0.2) is 11.2 Å². The van der Waals surface area contributed by atoms with Crippen LogP contribution < -0.4 is 0 Å². The zero-order valence-corrected chi connectivity index (χ0v) is 8.43. The molecule has 1 unspecified atom stereocenters. The summed E-state index contributed by atoms with van der Waals surface area (Å²) in [4.78, 5) is 0. The first-order chi connectivity index (χ1) is 6.50. The lowest BCUT2D eigenvalue weighted by Crippen LogP contribution is -2.05. The highest BCUT2D eigenvalue weighted by molar-refractivity contribution is 6.31. The molecule has 1 nitrogen and oxygen atoms in total. The van der Waals surface area contributed by atoms with Crippen LogP contribution in [0.25, 0.3) is 0 Å². The topological polar surface area (TPSA) is 20.2 Å². The minimum atomic E-state index is -2.50. The maximum absolute atomic E-state index is 12.3. The molecule has 0 spiro atoms. The van der Waals surface area contributed by atoms with Gasteiger partial charge in [-0.1, -0.05) is 17.7 Å². The standard InChI is InChI=1S/C10H11ClF2O/c1-6(14)4-8-5-7(10(12)13)2-3-9(8)11/h2-3,5-6,10,14H,4H2,1H3. The van der Waals surface area contributed by atoms with Crippen LogP contribution in [-0.2, 0) is 6.42 Å². The summed E-state index contributed by atoms with van der Waals surface area (Å²) in [6.45, 7) is 1.59. The SMILES string of the molecule is CC(O)Cc1cc(C(F)F)ccc1Cl. The third-order valence-electron chi connectivity index (χ3n) is 1.84. The number of benzene rings is 1. The highest BCUT2D eigenvalue weighted by atomic mass is 35.5. The zero-order valence-electron chi connectivity index (χ0n) is 7.67. The van der Waals surface area contributed by atoms with Crippen molar-refractivity contribution in [2.45, 2.75) is 25.9 Å². The van der Waals surface area contributed by atoms with Crippen molar-refractivity contribution in [2.24, 2.45) is 0 Å². The fourth-order valence-electron chi connectivity index (χ4n) is 1.21. The van der Waals surface area contributed by atoms with Gasteiger partial charge in [0.25, 0.3) is 6.43 Å². The molecule has 1 N–H and O–H groups in total. The predicted molar refractivity (Wildman–Crippen MR) is 51.8 cm³/mol. The van der Waals surface area contributed by atoms with Gasteiger partial charge in [-0.15, -0.1) is 0 Å². The van der Waals surface area contributed by atoms with E-state index in [0.717, 1.165) is 0 Å². The fraction of sp³-hybridized carbons (Fsp3) is 0.400. The van der Waals surface area contributed by atoms with Gasteiger partial charge in [-0.25, -0.2) is 8.78 Å². The van der Waals surface area contributed by atoms with E-state index in [1.807, 2.05) is 0 Å². The Bertz CT molecular complexity index is 313. The Hall–Kier alpha value is -0.670. The molecule has 0 bridgehead atoms. The van der Waals surface area contributed by atoms with E-state index in [1.54, 1.807) is 6.92 Å². The first-order valence-electron chi connectivity index (χ1n) is 4.25. The highest BCUT2D eigenvalue weighted by Gasteiger charge is 2.10. The summed E-state index contributed by atoms with van der Waals surface area (Å²) in [5.74, 6) is 0. The molecule has 1 aromatic carbocycles. The van der Waals surface area contributed by atoms with Gasteiger partial charge in [0.2, 0.25) is 0 Å². The molecule has 14 heavy (non-hydrogen) atoms. The molecule has 0 saturated heterocycles. The van der Waals surface area contributed by atoms with Gasteiger partial charge in [-0.3, -0.25) is 0 Å². The lowest BCUT2D eigenvalue weighted by atomic mass is 10.1. The molecule has 4 heteroatoms. The molecule has 0 heterocycles. The van der Waals surface area contributed by atoms with Crippen LogP contribution in [0.5, 0.6) is 0 Å². The largest absolute Gasteiger partial charge is 0.393 e. The van der Waals surface area contributed by atoms with Crippen molar-refractivity contribution < 1.29 is 13.9 Å². The van der Waals surface area contributed by atoms with Crippen molar-refractivity contribution in [2.75, 3.05) is 0 Å². The number of alkyl halides is 2. The molecular weight excluding hydrogens is 210 g/mol. The Labute approximate surface area is 86.3 Å². The van der Waals surface area contributed by atoms with Crippen LogP contribution >= 0.6 is 11.6 Å². The first-order valence-corrected chi connectivity index (χ1v) is 4.63. The summed E-state index contributed by atoms with van der Waals surface area (Å²) >= 11 is 5.79. The third-order valence-corrected chi connectivity index (χ3v) is 2.21. The Morgan fingerprint density at radius 3 is 2.57 bits per heavy atom. The van der Waals surface area contributed by atoms with Crippen LogP contribution in [0.3, 0.4) is 0 Å². The van der Waals surface area contributed by atoms with Gasteiger partial charge in [0.1, 0.15) is 0 Å². The van der Waals surface area contributed by atoms with E-state index in [4.69, 9.17) is 16.7 Å². The van der Waals surface area contributed by atoms with Crippen LogP contribution in [0.1, 0.15) is 24.5 Å². The van der Waals surface area contributed by atoms with Crippen molar-refractivity contribution >= 4 is 11.6 Å². The third kappa shape index (κ3) is 2.93. The van der Waals surface area contributed by atoms with E-state index in [2.05, 4.69) is 0 Å². The van der Waals surface area contributed by atoms with Gasteiger partial charge in [-0.05, 0) is 31.0 Å². The molecule has 0 radical (unpaired) electrons. The average molecular weight is 221 g/mol. The quantitative estimate of drug-likeness (QED) is 0.830. The Morgan fingerprint density at radius 2 is 2.07 bits per heavy atom. The molecule has 1 rings (SSSR count). The van der Waals surface area contributed by atoms with Crippen LogP contribution in [0, 0.1) is 0 Å². The number of rotatable bonds is 3. The monoisotopic (exact) mass is 220 g/mol. The fourth-order valence-corrected chi connectivity index (χ4v) is 1.40. The molecular formula is C10H11ClF2O. The van der Waals surface area contributed by atoms with Gasteiger partial charge >= 0.3 is 0 Å². The lowest BCUT2D eigenvalue weighted by molar-refractivity contribution is 0.151. The Morgan fingerprint density at radius 1 is 1.43 bits per heavy atom. The summed E-state index contributed by atoms with van der Waals surface area (Å²) in [5, 5.41) is 9.53. The smallest absolute Gasteiger partial charge is 0.263 e. The molecule has 0 aliphatic heterocycles. The maximum Gasteiger partial charge on any atom is 0.263 e. The minimum Gasteiger partial charge on any atom is -0.393 e. The number of halogens is 3. The molecule has 0 aromatic heterocycles. The average Bonchev–Trinajstić information content (AvgIpc) is 2.07.